The molecule has 0 saturated heterocycles. The lowest BCUT2D eigenvalue weighted by Crippen LogP contribution is -2.14. The number of pyridine rings is 1. The van der Waals surface area contributed by atoms with E-state index in [2.05, 4.69) is 15.3 Å². The maximum atomic E-state index is 12.7. The Morgan fingerprint density at radius 3 is 2.62 bits per heavy atom. The first-order valence-corrected chi connectivity index (χ1v) is 9.69. The zero-order chi connectivity index (χ0) is 20.5. The van der Waals surface area contributed by atoms with Crippen LogP contribution in [-0.2, 0) is 6.42 Å². The zero-order valence-electron chi connectivity index (χ0n) is 16.8. The molecule has 2 aromatic heterocycles. The second kappa shape index (κ2) is 7.54. The summed E-state index contributed by atoms with van der Waals surface area (Å²) in [6, 6.07) is 9.31. The highest BCUT2D eigenvalue weighted by Gasteiger charge is 2.26. The van der Waals surface area contributed by atoms with Crippen LogP contribution in [0.4, 0.5) is 5.69 Å². The third-order valence-corrected chi connectivity index (χ3v) is 5.36. The van der Waals surface area contributed by atoms with Gasteiger partial charge >= 0.3 is 0 Å². The van der Waals surface area contributed by atoms with Gasteiger partial charge in [-0.05, 0) is 68.5 Å². The van der Waals surface area contributed by atoms with Crippen LogP contribution in [0.2, 0.25) is 0 Å². The lowest BCUT2D eigenvalue weighted by Gasteiger charge is -2.09. The van der Waals surface area contributed by atoms with Crippen LogP contribution in [0.15, 0.2) is 36.5 Å². The Morgan fingerprint density at radius 2 is 1.93 bits per heavy atom. The van der Waals surface area contributed by atoms with Crippen molar-refractivity contribution in [2.24, 2.45) is 0 Å². The fourth-order valence-corrected chi connectivity index (χ4v) is 3.61. The van der Waals surface area contributed by atoms with E-state index in [0.717, 1.165) is 29.8 Å². The van der Waals surface area contributed by atoms with Gasteiger partial charge in [0.15, 0.2) is 5.78 Å². The van der Waals surface area contributed by atoms with Crippen LogP contribution in [0, 0.1) is 20.8 Å². The summed E-state index contributed by atoms with van der Waals surface area (Å²) in [5.41, 5.74) is 5.59. The molecule has 1 aliphatic carbocycles. The van der Waals surface area contributed by atoms with E-state index in [1.165, 1.54) is 5.56 Å². The Labute approximate surface area is 169 Å². The van der Waals surface area contributed by atoms with Crippen molar-refractivity contribution in [2.75, 3.05) is 5.32 Å². The monoisotopic (exact) mass is 389 g/mol. The van der Waals surface area contributed by atoms with E-state index in [-0.39, 0.29) is 11.7 Å². The maximum Gasteiger partial charge on any atom is 0.272 e. The van der Waals surface area contributed by atoms with Gasteiger partial charge in [0.25, 0.3) is 5.91 Å². The predicted molar refractivity (Wildman–Crippen MR) is 111 cm³/mol. The molecule has 0 bridgehead atoms. The molecule has 0 aliphatic heterocycles. The molecule has 0 saturated carbocycles. The molecule has 0 unspecified atom stereocenters. The Hall–Kier alpha value is -3.41. The number of benzene rings is 1. The molecule has 2 heterocycles. The molecule has 148 valence electrons. The van der Waals surface area contributed by atoms with Gasteiger partial charge in [-0.25, -0.2) is 4.98 Å². The lowest BCUT2D eigenvalue weighted by atomic mass is 9.94. The molecule has 0 fully saturated rings. The summed E-state index contributed by atoms with van der Waals surface area (Å²) in [6.45, 7) is 5.89. The summed E-state index contributed by atoms with van der Waals surface area (Å²) in [4.78, 5) is 32.2. The number of ether oxygens (including phenoxy) is 1. The van der Waals surface area contributed by atoms with E-state index in [4.69, 9.17) is 4.74 Å². The molecule has 3 aromatic rings. The number of H-pyrrole nitrogens is 1. The number of carbonyl (C=O) groups excluding carboxylic acids is 2. The number of amides is 1. The van der Waals surface area contributed by atoms with Crippen LogP contribution in [-0.4, -0.2) is 21.7 Å². The van der Waals surface area contributed by atoms with Crippen molar-refractivity contribution < 1.29 is 14.3 Å². The summed E-state index contributed by atoms with van der Waals surface area (Å²) in [6.07, 6.45) is 3.70. The molecular weight excluding hydrogens is 366 g/mol. The highest BCUT2D eigenvalue weighted by molar-refractivity contribution is 6.08. The summed E-state index contributed by atoms with van der Waals surface area (Å²) in [5, 5.41) is 2.83. The molecule has 0 spiro atoms. The van der Waals surface area contributed by atoms with E-state index >= 15 is 0 Å². The average molecular weight is 389 g/mol. The van der Waals surface area contributed by atoms with Gasteiger partial charge in [0, 0.05) is 23.7 Å². The number of ketones is 1. The molecule has 2 N–H and O–H groups in total. The molecule has 1 aliphatic rings. The van der Waals surface area contributed by atoms with Crippen LogP contribution in [0.5, 0.6) is 11.6 Å². The average Bonchev–Trinajstić information content (AvgIpc) is 3.04. The number of carbonyl (C=O) groups is 2. The topological polar surface area (TPSA) is 84.1 Å². The van der Waals surface area contributed by atoms with Gasteiger partial charge in [0.2, 0.25) is 5.88 Å². The quantitative estimate of drug-likeness (QED) is 0.665. The van der Waals surface area contributed by atoms with Crippen LogP contribution in [0.1, 0.15) is 56.1 Å². The van der Waals surface area contributed by atoms with Gasteiger partial charge in [-0.2, -0.15) is 0 Å². The minimum absolute atomic E-state index is 0.105. The number of Topliss-reactive ketones (excluding diaryl/α,β-unsaturated/α-hetero) is 1. The van der Waals surface area contributed by atoms with E-state index in [9.17, 15) is 9.59 Å². The number of nitrogens with one attached hydrogen (secondary N) is 2. The van der Waals surface area contributed by atoms with Crippen molar-refractivity contribution in [3.05, 3.63) is 70.2 Å². The molecule has 0 radical (unpaired) electrons. The molecule has 6 heteroatoms. The summed E-state index contributed by atoms with van der Waals surface area (Å²) in [5.74, 6) is 0.987. The molecule has 4 rings (SSSR count). The first-order valence-electron chi connectivity index (χ1n) is 9.69. The normalized spacial score (nSPS) is 13.1. The van der Waals surface area contributed by atoms with Gasteiger partial charge < -0.3 is 15.0 Å². The summed E-state index contributed by atoms with van der Waals surface area (Å²) >= 11 is 0. The van der Waals surface area contributed by atoms with Crippen molar-refractivity contribution in [2.45, 2.75) is 40.0 Å². The number of nitrogens with zero attached hydrogens (tertiary/aromatic N) is 1. The predicted octanol–water partition coefficient (Wildman–Crippen LogP) is 4.90. The lowest BCUT2D eigenvalue weighted by molar-refractivity contribution is 0.0971. The minimum atomic E-state index is -0.283. The fraction of sp³-hybridized carbons (Fsp3) is 0.261. The number of anilines is 1. The van der Waals surface area contributed by atoms with Crippen molar-refractivity contribution in [3.8, 4) is 11.6 Å². The highest BCUT2D eigenvalue weighted by atomic mass is 16.5. The Morgan fingerprint density at radius 1 is 1.10 bits per heavy atom. The molecule has 29 heavy (non-hydrogen) atoms. The Balaban J connectivity index is 1.47. The molecule has 6 nitrogen and oxygen atoms in total. The van der Waals surface area contributed by atoms with E-state index in [0.29, 0.717) is 34.8 Å². The minimum Gasteiger partial charge on any atom is -0.439 e. The number of aromatic nitrogens is 2. The summed E-state index contributed by atoms with van der Waals surface area (Å²) < 4.78 is 5.78. The van der Waals surface area contributed by atoms with Crippen LogP contribution in [0.25, 0.3) is 0 Å². The second-order valence-corrected chi connectivity index (χ2v) is 7.44. The van der Waals surface area contributed by atoms with Gasteiger partial charge in [-0.1, -0.05) is 6.07 Å². The second-order valence-electron chi connectivity index (χ2n) is 7.44. The van der Waals surface area contributed by atoms with Gasteiger partial charge in [0.1, 0.15) is 11.4 Å². The largest absolute Gasteiger partial charge is 0.439 e. The SMILES string of the molecule is Cc1ccc(Oc2ccc(NC(=O)c3[nH]c4c(c3C)C(=O)CCC4)cn2)cc1C. The molecule has 1 amide bonds. The van der Waals surface area contributed by atoms with E-state index in [1.54, 1.807) is 18.3 Å². The number of aryl methyl sites for hydroxylation is 3. The summed E-state index contributed by atoms with van der Waals surface area (Å²) in [7, 11) is 0. The molecular formula is C23H23N3O3. The third-order valence-electron chi connectivity index (χ3n) is 5.36. The van der Waals surface area contributed by atoms with Crippen molar-refractivity contribution >= 4 is 17.4 Å². The Kier molecular flexibility index (Phi) is 4.92. The fourth-order valence-electron chi connectivity index (χ4n) is 3.61. The van der Waals surface area contributed by atoms with Crippen LogP contribution in [0.3, 0.4) is 0 Å². The van der Waals surface area contributed by atoms with Gasteiger partial charge in [0.05, 0.1) is 11.9 Å². The van der Waals surface area contributed by atoms with E-state index < -0.39 is 0 Å². The molecule has 1 aromatic carbocycles. The smallest absolute Gasteiger partial charge is 0.272 e. The van der Waals surface area contributed by atoms with Crippen LogP contribution < -0.4 is 10.1 Å². The van der Waals surface area contributed by atoms with E-state index in [1.807, 2.05) is 39.0 Å². The number of hydrogen-bond acceptors (Lipinski definition) is 4. The number of rotatable bonds is 4. The molecule has 0 atom stereocenters. The zero-order valence-corrected chi connectivity index (χ0v) is 16.8. The first kappa shape index (κ1) is 18.9. The van der Waals surface area contributed by atoms with Crippen molar-refractivity contribution in [3.63, 3.8) is 0 Å². The van der Waals surface area contributed by atoms with Gasteiger partial charge in [-0.3, -0.25) is 9.59 Å². The van der Waals surface area contributed by atoms with Crippen LogP contribution >= 0.6 is 0 Å². The standard InChI is InChI=1S/C23H23N3O3/c1-13-7-9-17(11-14(13)2)29-20-10-8-16(12-24-20)25-23(28)22-15(3)21-18(26-22)5-4-6-19(21)27/h7-12,26H,4-6H2,1-3H3,(H,25,28). The number of hydrogen-bond donors (Lipinski definition) is 2. The highest BCUT2D eigenvalue weighted by Crippen LogP contribution is 2.27. The van der Waals surface area contributed by atoms with Crippen molar-refractivity contribution in [1.82, 2.24) is 9.97 Å². The van der Waals surface area contributed by atoms with Crippen molar-refractivity contribution in [1.29, 1.82) is 0 Å². The maximum absolute atomic E-state index is 12.7. The first-order chi connectivity index (χ1) is 13.9. The third kappa shape index (κ3) is 3.78. The number of fused-ring (bicyclic) bond motifs is 1. The Bertz CT molecular complexity index is 1100. The van der Waals surface area contributed by atoms with Gasteiger partial charge in [-0.15, -0.1) is 0 Å². The number of aromatic amines is 1.